The van der Waals surface area contributed by atoms with Crippen LogP contribution in [0.25, 0.3) is 0 Å². The molecule has 0 spiro atoms. The predicted octanol–water partition coefficient (Wildman–Crippen LogP) is 2.74. The third-order valence-electron chi connectivity index (χ3n) is 3.41. The molecule has 1 heterocycles. The van der Waals surface area contributed by atoms with Gasteiger partial charge in [-0.3, -0.25) is 4.79 Å². The van der Waals surface area contributed by atoms with Gasteiger partial charge in [-0.15, -0.1) is 0 Å². The molecule has 0 bridgehead atoms. The Bertz CT molecular complexity index is 461. The maximum atomic E-state index is 10.6. The quantitative estimate of drug-likeness (QED) is 0.717. The Kier molecular flexibility index (Phi) is 5.89. The van der Waals surface area contributed by atoms with Crippen molar-refractivity contribution in [2.75, 3.05) is 6.54 Å². The van der Waals surface area contributed by atoms with Crippen LogP contribution in [-0.2, 0) is 16.8 Å². The molecule has 0 aliphatic carbocycles. The molecule has 0 aliphatic rings. The van der Waals surface area contributed by atoms with E-state index in [1.54, 1.807) is 0 Å². The van der Waals surface area contributed by atoms with Crippen LogP contribution in [0.2, 0.25) is 0 Å². The monoisotopic (exact) mass is 297 g/mol. The Morgan fingerprint density at radius 3 is 2.43 bits per heavy atom. The summed E-state index contributed by atoms with van der Waals surface area (Å²) in [4.78, 5) is 15.0. The van der Waals surface area contributed by atoms with Gasteiger partial charge < -0.3 is 14.9 Å². The molecular weight excluding hydrogens is 270 g/mol. The highest BCUT2D eigenvalue weighted by atomic mass is 16.5. The summed E-state index contributed by atoms with van der Waals surface area (Å²) in [5.74, 6) is 0.556. The molecule has 6 heteroatoms. The maximum absolute atomic E-state index is 10.6. The molecule has 2 N–H and O–H groups in total. The Labute approximate surface area is 126 Å². The minimum Gasteiger partial charge on any atom is -0.481 e. The van der Waals surface area contributed by atoms with Crippen molar-refractivity contribution in [2.45, 2.75) is 65.8 Å². The molecule has 0 atom stereocenters. The average molecular weight is 297 g/mol. The lowest BCUT2D eigenvalue weighted by atomic mass is 9.84. The maximum Gasteiger partial charge on any atom is 0.303 e. The zero-order chi connectivity index (χ0) is 16.1. The lowest BCUT2D eigenvalue weighted by Gasteiger charge is -2.23. The molecule has 0 saturated carbocycles. The summed E-state index contributed by atoms with van der Waals surface area (Å²) in [5.41, 5.74) is -0.0998. The van der Waals surface area contributed by atoms with Crippen LogP contribution in [-0.4, -0.2) is 27.8 Å². The average Bonchev–Trinajstić information content (AvgIpc) is 2.81. The van der Waals surface area contributed by atoms with Gasteiger partial charge in [-0.1, -0.05) is 39.8 Å². The van der Waals surface area contributed by atoms with Crippen LogP contribution in [0, 0.1) is 5.41 Å². The van der Waals surface area contributed by atoms with E-state index in [2.05, 4.69) is 29.3 Å². The molecule has 1 rings (SSSR count). The second kappa shape index (κ2) is 7.02. The van der Waals surface area contributed by atoms with Crippen molar-refractivity contribution in [1.82, 2.24) is 15.5 Å². The fourth-order valence-corrected chi connectivity index (χ4v) is 1.82. The van der Waals surface area contributed by atoms with Gasteiger partial charge in [0.2, 0.25) is 5.89 Å². The molecule has 0 fully saturated rings. The third kappa shape index (κ3) is 6.71. The van der Waals surface area contributed by atoms with Crippen molar-refractivity contribution in [1.29, 1.82) is 0 Å². The van der Waals surface area contributed by atoms with Crippen LogP contribution in [0.1, 0.15) is 65.6 Å². The van der Waals surface area contributed by atoms with Crippen molar-refractivity contribution in [3.05, 3.63) is 11.7 Å². The number of aromatic nitrogens is 2. The number of aliphatic carboxylic acids is 1. The fourth-order valence-electron chi connectivity index (χ4n) is 1.82. The molecule has 6 nitrogen and oxygen atoms in total. The zero-order valence-corrected chi connectivity index (χ0v) is 13.7. The van der Waals surface area contributed by atoms with Gasteiger partial charge in [-0.05, 0) is 24.8 Å². The van der Waals surface area contributed by atoms with E-state index in [1.807, 2.05) is 20.8 Å². The highest BCUT2D eigenvalue weighted by Crippen LogP contribution is 2.26. The molecular formula is C15H27N3O3. The summed E-state index contributed by atoms with van der Waals surface area (Å²) >= 11 is 0. The van der Waals surface area contributed by atoms with E-state index >= 15 is 0 Å². The molecule has 0 aliphatic heterocycles. The van der Waals surface area contributed by atoms with Crippen molar-refractivity contribution in [3.8, 4) is 0 Å². The molecule has 0 radical (unpaired) electrons. The topological polar surface area (TPSA) is 88.3 Å². The van der Waals surface area contributed by atoms with Crippen LogP contribution in [0.15, 0.2) is 4.52 Å². The summed E-state index contributed by atoms with van der Waals surface area (Å²) in [6.45, 7) is 11.6. The van der Waals surface area contributed by atoms with Gasteiger partial charge >= 0.3 is 5.97 Å². The number of hydrogen-bond acceptors (Lipinski definition) is 5. The summed E-state index contributed by atoms with van der Waals surface area (Å²) in [5, 5.41) is 16.0. The van der Waals surface area contributed by atoms with E-state index in [0.717, 1.165) is 13.0 Å². The Morgan fingerprint density at radius 2 is 1.90 bits per heavy atom. The van der Waals surface area contributed by atoms with Gasteiger partial charge in [0.1, 0.15) is 0 Å². The first kappa shape index (κ1) is 17.6. The number of carboxylic acid groups (broad SMARTS) is 1. The van der Waals surface area contributed by atoms with E-state index in [0.29, 0.717) is 24.7 Å². The van der Waals surface area contributed by atoms with Gasteiger partial charge in [-0.2, -0.15) is 4.98 Å². The van der Waals surface area contributed by atoms with E-state index in [4.69, 9.17) is 9.63 Å². The number of rotatable bonds is 8. The Balaban J connectivity index is 2.31. The highest BCUT2D eigenvalue weighted by Gasteiger charge is 2.21. The highest BCUT2D eigenvalue weighted by molar-refractivity contribution is 5.66. The number of carbonyl (C=O) groups is 1. The van der Waals surface area contributed by atoms with E-state index in [-0.39, 0.29) is 17.3 Å². The molecule has 120 valence electrons. The van der Waals surface area contributed by atoms with Gasteiger partial charge in [0, 0.05) is 11.8 Å². The summed E-state index contributed by atoms with van der Waals surface area (Å²) in [6.07, 6.45) is 1.80. The molecule has 0 unspecified atom stereocenters. The van der Waals surface area contributed by atoms with Crippen LogP contribution in [0.4, 0.5) is 0 Å². The summed E-state index contributed by atoms with van der Waals surface area (Å²) < 4.78 is 5.20. The smallest absolute Gasteiger partial charge is 0.303 e. The molecule has 1 aromatic heterocycles. The number of carboxylic acids is 1. The number of hydrogen-bond donors (Lipinski definition) is 2. The normalized spacial score (nSPS) is 12.6. The van der Waals surface area contributed by atoms with Crippen molar-refractivity contribution >= 4 is 5.97 Å². The first-order valence-electron chi connectivity index (χ1n) is 7.36. The SMILES string of the molecule is CC(C)(CCNCc1nc(C(C)(C)C)no1)CCC(=O)O. The fraction of sp³-hybridized carbons (Fsp3) is 0.800. The molecule has 1 aromatic rings. The van der Waals surface area contributed by atoms with Gasteiger partial charge in [0.25, 0.3) is 0 Å². The van der Waals surface area contributed by atoms with E-state index < -0.39 is 5.97 Å². The molecule has 0 amide bonds. The Hall–Kier alpha value is -1.43. The standard InChI is InChI=1S/C15H27N3O3/c1-14(2,3)13-17-11(21-18-13)10-16-9-8-15(4,5)7-6-12(19)20/h16H,6-10H2,1-5H3,(H,19,20). The van der Waals surface area contributed by atoms with Gasteiger partial charge in [0.15, 0.2) is 5.82 Å². The minimum atomic E-state index is -0.739. The lowest BCUT2D eigenvalue weighted by Crippen LogP contribution is -2.23. The van der Waals surface area contributed by atoms with Crippen LogP contribution in [0.5, 0.6) is 0 Å². The summed E-state index contributed by atoms with van der Waals surface area (Å²) in [7, 11) is 0. The van der Waals surface area contributed by atoms with Crippen LogP contribution in [0.3, 0.4) is 0 Å². The molecule has 21 heavy (non-hydrogen) atoms. The summed E-state index contributed by atoms with van der Waals surface area (Å²) in [6, 6.07) is 0. The number of nitrogens with one attached hydrogen (secondary N) is 1. The second-order valence-corrected chi connectivity index (χ2v) is 7.25. The predicted molar refractivity (Wildman–Crippen MR) is 80.0 cm³/mol. The second-order valence-electron chi connectivity index (χ2n) is 7.25. The van der Waals surface area contributed by atoms with E-state index in [1.165, 1.54) is 0 Å². The zero-order valence-electron chi connectivity index (χ0n) is 13.7. The largest absolute Gasteiger partial charge is 0.481 e. The number of nitrogens with zero attached hydrogens (tertiary/aromatic N) is 2. The third-order valence-corrected chi connectivity index (χ3v) is 3.41. The first-order chi connectivity index (χ1) is 9.60. The van der Waals surface area contributed by atoms with Crippen molar-refractivity contribution in [2.24, 2.45) is 5.41 Å². The van der Waals surface area contributed by atoms with Crippen molar-refractivity contribution < 1.29 is 14.4 Å². The van der Waals surface area contributed by atoms with E-state index in [9.17, 15) is 4.79 Å². The van der Waals surface area contributed by atoms with Gasteiger partial charge in [0.05, 0.1) is 6.54 Å². The van der Waals surface area contributed by atoms with Crippen LogP contribution < -0.4 is 5.32 Å². The van der Waals surface area contributed by atoms with Crippen molar-refractivity contribution in [3.63, 3.8) is 0 Å². The lowest BCUT2D eigenvalue weighted by molar-refractivity contribution is -0.137. The van der Waals surface area contributed by atoms with Gasteiger partial charge in [-0.25, -0.2) is 0 Å². The Morgan fingerprint density at radius 1 is 1.24 bits per heavy atom. The molecule has 0 aromatic carbocycles. The minimum absolute atomic E-state index is 0.0107. The molecule has 0 saturated heterocycles. The van der Waals surface area contributed by atoms with Crippen LogP contribution >= 0.6 is 0 Å². The first-order valence-corrected chi connectivity index (χ1v) is 7.36.